The van der Waals surface area contributed by atoms with Gasteiger partial charge in [-0.25, -0.2) is 0 Å². The Labute approximate surface area is 136 Å². The maximum Gasteiger partial charge on any atom is 0.0713 e. The molecule has 0 aliphatic carbocycles. The molecule has 23 heavy (non-hydrogen) atoms. The Hall–Kier alpha value is -2.78. The summed E-state index contributed by atoms with van der Waals surface area (Å²) >= 11 is 0. The van der Waals surface area contributed by atoms with Gasteiger partial charge in [-0.1, -0.05) is 42.5 Å². The first-order valence-electron chi connectivity index (χ1n) is 7.51. The summed E-state index contributed by atoms with van der Waals surface area (Å²) in [6.45, 7) is 0.613. The SMILES string of the molecule is COCc1ccc(-c2cc(N)ccc2-c2ccc(N)cc2)cc1. The van der Waals surface area contributed by atoms with Crippen molar-refractivity contribution < 1.29 is 4.74 Å². The van der Waals surface area contributed by atoms with Crippen molar-refractivity contribution >= 4 is 11.4 Å². The van der Waals surface area contributed by atoms with Gasteiger partial charge in [0.2, 0.25) is 0 Å². The van der Waals surface area contributed by atoms with Crippen molar-refractivity contribution in [3.63, 3.8) is 0 Å². The van der Waals surface area contributed by atoms with Gasteiger partial charge in [-0.15, -0.1) is 0 Å². The number of hydrogen-bond donors (Lipinski definition) is 2. The van der Waals surface area contributed by atoms with Gasteiger partial charge in [0.15, 0.2) is 0 Å². The summed E-state index contributed by atoms with van der Waals surface area (Å²) in [6.07, 6.45) is 0. The summed E-state index contributed by atoms with van der Waals surface area (Å²) in [5.41, 5.74) is 18.9. The standard InChI is InChI=1S/C20H20N2O/c1-23-13-14-2-4-16(5-3-14)20-12-18(22)10-11-19(20)15-6-8-17(21)9-7-15/h2-12H,13,21-22H2,1H3. The van der Waals surface area contributed by atoms with Gasteiger partial charge in [-0.05, 0) is 52.1 Å². The highest BCUT2D eigenvalue weighted by Crippen LogP contribution is 2.34. The zero-order valence-electron chi connectivity index (χ0n) is 13.1. The fourth-order valence-electron chi connectivity index (χ4n) is 2.66. The quantitative estimate of drug-likeness (QED) is 0.705. The van der Waals surface area contributed by atoms with Crippen LogP contribution in [-0.4, -0.2) is 7.11 Å². The Morgan fingerprint density at radius 3 is 1.91 bits per heavy atom. The lowest BCUT2D eigenvalue weighted by atomic mass is 9.93. The van der Waals surface area contributed by atoms with E-state index in [4.69, 9.17) is 16.2 Å². The average Bonchev–Trinajstić information content (AvgIpc) is 2.57. The molecule has 0 aliphatic rings. The summed E-state index contributed by atoms with van der Waals surface area (Å²) in [5, 5.41) is 0. The van der Waals surface area contributed by atoms with Crippen LogP contribution >= 0.6 is 0 Å². The monoisotopic (exact) mass is 304 g/mol. The van der Waals surface area contributed by atoms with E-state index in [-0.39, 0.29) is 0 Å². The third-order valence-corrected chi connectivity index (χ3v) is 3.84. The minimum Gasteiger partial charge on any atom is -0.399 e. The smallest absolute Gasteiger partial charge is 0.0713 e. The molecule has 0 spiro atoms. The van der Waals surface area contributed by atoms with Crippen molar-refractivity contribution in [2.24, 2.45) is 0 Å². The van der Waals surface area contributed by atoms with Crippen LogP contribution in [0, 0.1) is 0 Å². The van der Waals surface area contributed by atoms with Gasteiger partial charge >= 0.3 is 0 Å². The number of rotatable bonds is 4. The molecule has 3 aromatic rings. The molecule has 116 valence electrons. The van der Waals surface area contributed by atoms with Gasteiger partial charge in [0.05, 0.1) is 6.61 Å². The first-order valence-corrected chi connectivity index (χ1v) is 7.51. The number of ether oxygens (including phenoxy) is 1. The Balaban J connectivity index is 2.07. The summed E-state index contributed by atoms with van der Waals surface area (Å²) in [6, 6.07) is 22.2. The van der Waals surface area contributed by atoms with E-state index < -0.39 is 0 Å². The number of methoxy groups -OCH3 is 1. The van der Waals surface area contributed by atoms with E-state index in [1.165, 1.54) is 0 Å². The van der Waals surface area contributed by atoms with Crippen LogP contribution in [-0.2, 0) is 11.3 Å². The number of nitrogens with two attached hydrogens (primary N) is 2. The van der Waals surface area contributed by atoms with Crippen LogP contribution in [0.5, 0.6) is 0 Å². The van der Waals surface area contributed by atoms with Crippen LogP contribution in [0.4, 0.5) is 11.4 Å². The van der Waals surface area contributed by atoms with E-state index in [1.54, 1.807) is 7.11 Å². The molecule has 3 nitrogen and oxygen atoms in total. The second-order valence-corrected chi connectivity index (χ2v) is 5.56. The number of nitrogen functional groups attached to an aromatic ring is 2. The van der Waals surface area contributed by atoms with Crippen LogP contribution in [0.3, 0.4) is 0 Å². The molecule has 3 rings (SSSR count). The fourth-order valence-corrected chi connectivity index (χ4v) is 2.66. The lowest BCUT2D eigenvalue weighted by molar-refractivity contribution is 0.185. The van der Waals surface area contributed by atoms with Crippen molar-refractivity contribution in [3.8, 4) is 22.3 Å². The number of hydrogen-bond acceptors (Lipinski definition) is 3. The molecule has 0 aromatic heterocycles. The molecule has 0 unspecified atom stereocenters. The third kappa shape index (κ3) is 3.35. The highest BCUT2D eigenvalue weighted by Gasteiger charge is 2.08. The molecule has 0 saturated heterocycles. The van der Waals surface area contributed by atoms with Crippen molar-refractivity contribution in [1.82, 2.24) is 0 Å². The second-order valence-electron chi connectivity index (χ2n) is 5.56. The molecule has 0 saturated carbocycles. The molecule has 0 amide bonds. The lowest BCUT2D eigenvalue weighted by Crippen LogP contribution is -1.92. The predicted octanol–water partition coefficient (Wildman–Crippen LogP) is 4.33. The molecule has 3 aromatic carbocycles. The van der Waals surface area contributed by atoms with Crippen molar-refractivity contribution in [1.29, 1.82) is 0 Å². The Bertz CT molecular complexity index is 793. The first kappa shape index (κ1) is 15.1. The van der Waals surface area contributed by atoms with Gasteiger partial charge in [-0.3, -0.25) is 0 Å². The molecule has 0 fully saturated rings. The normalized spacial score (nSPS) is 10.7. The lowest BCUT2D eigenvalue weighted by Gasteiger charge is -2.12. The van der Waals surface area contributed by atoms with E-state index in [0.29, 0.717) is 6.61 Å². The van der Waals surface area contributed by atoms with Gasteiger partial charge in [0.25, 0.3) is 0 Å². The average molecular weight is 304 g/mol. The fraction of sp³-hybridized carbons (Fsp3) is 0.100. The molecule has 0 bridgehead atoms. The van der Waals surface area contributed by atoms with Gasteiger partial charge in [0.1, 0.15) is 0 Å². The van der Waals surface area contributed by atoms with E-state index in [0.717, 1.165) is 39.2 Å². The zero-order chi connectivity index (χ0) is 16.2. The van der Waals surface area contributed by atoms with E-state index >= 15 is 0 Å². The number of anilines is 2. The second kappa shape index (κ2) is 6.55. The van der Waals surface area contributed by atoms with Crippen LogP contribution in [0.25, 0.3) is 22.3 Å². The predicted molar refractivity (Wildman–Crippen MR) is 96.9 cm³/mol. The maximum atomic E-state index is 6.00. The molecular weight excluding hydrogens is 284 g/mol. The van der Waals surface area contributed by atoms with Gasteiger partial charge < -0.3 is 16.2 Å². The van der Waals surface area contributed by atoms with Crippen LogP contribution in [0.2, 0.25) is 0 Å². The largest absolute Gasteiger partial charge is 0.399 e. The van der Waals surface area contributed by atoms with E-state index in [9.17, 15) is 0 Å². The van der Waals surface area contributed by atoms with Crippen molar-refractivity contribution in [2.45, 2.75) is 6.61 Å². The van der Waals surface area contributed by atoms with Crippen molar-refractivity contribution in [3.05, 3.63) is 72.3 Å². The van der Waals surface area contributed by atoms with Crippen LogP contribution < -0.4 is 11.5 Å². The molecule has 0 heterocycles. The summed E-state index contributed by atoms with van der Waals surface area (Å²) in [7, 11) is 1.70. The Morgan fingerprint density at radius 1 is 0.696 bits per heavy atom. The molecule has 3 heteroatoms. The summed E-state index contributed by atoms with van der Waals surface area (Å²) in [5.74, 6) is 0. The molecule has 0 atom stereocenters. The van der Waals surface area contributed by atoms with E-state index in [2.05, 4.69) is 30.3 Å². The number of benzene rings is 3. The first-order chi connectivity index (χ1) is 11.2. The van der Waals surface area contributed by atoms with Crippen molar-refractivity contribution in [2.75, 3.05) is 18.6 Å². The Kier molecular flexibility index (Phi) is 4.31. The molecule has 0 radical (unpaired) electrons. The van der Waals surface area contributed by atoms with Gasteiger partial charge in [-0.2, -0.15) is 0 Å². The van der Waals surface area contributed by atoms with E-state index in [1.807, 2.05) is 36.4 Å². The topological polar surface area (TPSA) is 61.3 Å². The summed E-state index contributed by atoms with van der Waals surface area (Å²) in [4.78, 5) is 0. The minimum atomic E-state index is 0.613. The van der Waals surface area contributed by atoms with Gasteiger partial charge in [0, 0.05) is 18.5 Å². The summed E-state index contributed by atoms with van der Waals surface area (Å²) < 4.78 is 5.16. The Morgan fingerprint density at radius 2 is 1.26 bits per heavy atom. The molecular formula is C20H20N2O. The maximum absolute atomic E-state index is 6.00. The highest BCUT2D eigenvalue weighted by molar-refractivity contribution is 5.85. The molecule has 4 N–H and O–H groups in total. The van der Waals surface area contributed by atoms with Crippen LogP contribution in [0.1, 0.15) is 5.56 Å². The minimum absolute atomic E-state index is 0.613. The highest BCUT2D eigenvalue weighted by atomic mass is 16.5. The van der Waals surface area contributed by atoms with Crippen LogP contribution in [0.15, 0.2) is 66.7 Å². The third-order valence-electron chi connectivity index (χ3n) is 3.84. The molecule has 0 aliphatic heterocycles. The zero-order valence-corrected chi connectivity index (χ0v) is 13.1.